The van der Waals surface area contributed by atoms with Gasteiger partial charge in [0.05, 0.1) is 13.7 Å². The minimum atomic E-state index is -1.03. The minimum Gasteiger partial charge on any atom is -0.460 e. The Hall–Kier alpha value is -1.94. The molecule has 0 aromatic carbocycles. The first kappa shape index (κ1) is 16.1. The number of nitrogens with zero attached hydrogens (tertiary/aromatic N) is 2. The van der Waals surface area contributed by atoms with Crippen LogP contribution < -0.4 is 0 Å². The highest BCUT2D eigenvalue weighted by molar-refractivity contribution is 6.60. The Morgan fingerprint density at radius 3 is 2.56 bits per heavy atom. The molecular weight excluding hydrogens is 236 g/mol. The van der Waals surface area contributed by atoms with Crippen LogP contribution in [-0.2, 0) is 19.1 Å². The van der Waals surface area contributed by atoms with Crippen molar-refractivity contribution in [3.8, 4) is 0 Å². The number of hydrogen-bond acceptors (Lipinski definition) is 4. The van der Waals surface area contributed by atoms with Crippen molar-refractivity contribution in [1.29, 1.82) is 0 Å². The van der Waals surface area contributed by atoms with E-state index in [1.807, 2.05) is 6.92 Å². The van der Waals surface area contributed by atoms with Crippen LogP contribution in [0.1, 0.15) is 26.2 Å². The van der Waals surface area contributed by atoms with Crippen LogP contribution in [-0.4, -0.2) is 36.2 Å². The number of rotatable bonds is 8. The van der Waals surface area contributed by atoms with Gasteiger partial charge in [-0.25, -0.2) is 9.59 Å². The molecule has 18 heavy (non-hydrogen) atoms. The zero-order chi connectivity index (χ0) is 14.0. The van der Waals surface area contributed by atoms with Crippen molar-refractivity contribution in [1.82, 2.24) is 0 Å². The summed E-state index contributed by atoms with van der Waals surface area (Å²) < 4.78 is 9.18. The molecule has 0 saturated heterocycles. The van der Waals surface area contributed by atoms with Crippen molar-refractivity contribution < 1.29 is 23.9 Å². The van der Waals surface area contributed by atoms with Gasteiger partial charge in [0.15, 0.2) is 0 Å². The highest BCUT2D eigenvalue weighted by Gasteiger charge is 2.32. The monoisotopic (exact) mass is 254 g/mol. The van der Waals surface area contributed by atoms with E-state index in [0.717, 1.165) is 26.4 Å². The number of carbonyl (C=O) groups excluding carboxylic acids is 2. The zero-order valence-electron chi connectivity index (χ0n) is 10.7. The van der Waals surface area contributed by atoms with E-state index in [0.29, 0.717) is 0 Å². The summed E-state index contributed by atoms with van der Waals surface area (Å²) in [6.07, 6.45) is 4.30. The van der Waals surface area contributed by atoms with Crippen molar-refractivity contribution >= 4 is 17.7 Å². The highest BCUT2D eigenvalue weighted by Crippen LogP contribution is 2.11. The van der Waals surface area contributed by atoms with Gasteiger partial charge in [0.25, 0.3) is 0 Å². The molecule has 0 aromatic rings. The Balaban J connectivity index is 4.34. The largest absolute Gasteiger partial charge is 0.482 e. The third-order valence-corrected chi connectivity index (χ3v) is 2.48. The van der Waals surface area contributed by atoms with Crippen LogP contribution in [0.5, 0.6) is 0 Å². The molecule has 1 unspecified atom stereocenters. The predicted octanol–water partition coefficient (Wildman–Crippen LogP) is 1.37. The van der Waals surface area contributed by atoms with E-state index in [1.165, 1.54) is 0 Å². The van der Waals surface area contributed by atoms with Crippen molar-refractivity contribution in [2.24, 2.45) is 5.92 Å². The molecule has 1 atom stereocenters. The molecule has 0 N–H and O–H groups in total. The Labute approximate surface area is 106 Å². The van der Waals surface area contributed by atoms with Crippen molar-refractivity contribution in [3.63, 3.8) is 0 Å². The molecule has 0 spiro atoms. The van der Waals surface area contributed by atoms with E-state index in [-0.39, 0.29) is 12.5 Å². The lowest BCUT2D eigenvalue weighted by Gasteiger charge is -2.12. The number of carbonyl (C=O) groups is 2. The molecule has 100 valence electrons. The first-order chi connectivity index (χ1) is 8.60. The lowest BCUT2D eigenvalue weighted by atomic mass is 10.0. The van der Waals surface area contributed by atoms with Gasteiger partial charge < -0.3 is 15.0 Å². The Morgan fingerprint density at radius 2 is 2.11 bits per heavy atom. The van der Waals surface area contributed by atoms with Crippen molar-refractivity contribution in [2.45, 2.75) is 26.2 Å². The molecule has 0 amide bonds. The fourth-order valence-electron chi connectivity index (χ4n) is 1.28. The van der Waals surface area contributed by atoms with Crippen molar-refractivity contribution in [2.75, 3.05) is 13.7 Å². The summed E-state index contributed by atoms with van der Waals surface area (Å²) in [5.41, 5.74) is 7.78. The second-order valence-electron chi connectivity index (χ2n) is 3.68. The smallest absolute Gasteiger partial charge is 0.460 e. The Kier molecular flexibility index (Phi) is 8.14. The molecule has 6 heteroatoms. The van der Waals surface area contributed by atoms with Crippen LogP contribution in [0.25, 0.3) is 5.53 Å². The Morgan fingerprint density at radius 1 is 1.44 bits per heavy atom. The van der Waals surface area contributed by atoms with Crippen LogP contribution in [0.2, 0.25) is 0 Å². The predicted molar refractivity (Wildman–Crippen MR) is 64.8 cm³/mol. The summed E-state index contributed by atoms with van der Waals surface area (Å²) in [4.78, 5) is 25.1. The maximum Gasteiger partial charge on any atom is 0.482 e. The maximum absolute atomic E-state index is 11.4. The van der Waals surface area contributed by atoms with E-state index >= 15 is 0 Å². The van der Waals surface area contributed by atoms with Gasteiger partial charge >= 0.3 is 17.7 Å². The molecule has 0 radical (unpaired) electrons. The topological polar surface area (TPSA) is 89.0 Å². The molecule has 0 aliphatic heterocycles. The summed E-state index contributed by atoms with van der Waals surface area (Å²) in [5.74, 6) is -1.83. The average Bonchev–Trinajstić information content (AvgIpc) is 2.39. The summed E-state index contributed by atoms with van der Waals surface area (Å²) in [6.45, 7) is 5.76. The quantitative estimate of drug-likeness (QED) is 0.163. The average molecular weight is 254 g/mol. The third-order valence-electron chi connectivity index (χ3n) is 2.48. The van der Waals surface area contributed by atoms with E-state index in [1.54, 1.807) is 6.08 Å². The fourth-order valence-corrected chi connectivity index (χ4v) is 1.28. The van der Waals surface area contributed by atoms with Gasteiger partial charge in [0, 0.05) is 0 Å². The zero-order valence-corrected chi connectivity index (χ0v) is 10.7. The molecule has 0 rings (SSSR count). The highest BCUT2D eigenvalue weighted by atomic mass is 16.5. The van der Waals surface area contributed by atoms with Crippen LogP contribution in [0.3, 0.4) is 0 Å². The van der Waals surface area contributed by atoms with Gasteiger partial charge in [-0.15, -0.1) is 6.58 Å². The first-order valence-corrected chi connectivity index (χ1v) is 5.69. The van der Waals surface area contributed by atoms with Crippen LogP contribution in [0.4, 0.5) is 0 Å². The van der Waals surface area contributed by atoms with Crippen LogP contribution >= 0.6 is 0 Å². The number of allylic oxidation sites excluding steroid dienone is 1. The maximum atomic E-state index is 11.4. The van der Waals surface area contributed by atoms with Crippen molar-refractivity contribution in [3.05, 3.63) is 18.2 Å². The van der Waals surface area contributed by atoms with Gasteiger partial charge in [-0.05, 0) is 18.8 Å². The molecule has 0 bridgehead atoms. The van der Waals surface area contributed by atoms with Gasteiger partial charge in [0.2, 0.25) is 0 Å². The first-order valence-electron chi connectivity index (χ1n) is 5.69. The Bertz CT molecular complexity index is 359. The SMILES string of the molecule is C=CCCC(CC)COC(=O)C(=[N+]=[N-])C(=O)OC. The fraction of sp³-hybridized carbons (Fsp3) is 0.583. The third kappa shape index (κ3) is 5.41. The number of ether oxygens (including phenoxy) is 2. The van der Waals surface area contributed by atoms with Crippen LogP contribution in [0.15, 0.2) is 12.7 Å². The molecular formula is C12H18N2O4. The van der Waals surface area contributed by atoms with Gasteiger partial charge in [-0.3, -0.25) is 0 Å². The summed E-state index contributed by atoms with van der Waals surface area (Å²) in [6, 6.07) is 0. The van der Waals surface area contributed by atoms with Gasteiger partial charge in [0.1, 0.15) is 0 Å². The van der Waals surface area contributed by atoms with Crippen LogP contribution in [0, 0.1) is 5.92 Å². The van der Waals surface area contributed by atoms with E-state index in [2.05, 4.69) is 16.1 Å². The lowest BCUT2D eigenvalue weighted by molar-refractivity contribution is -0.148. The molecule has 0 aliphatic carbocycles. The second-order valence-corrected chi connectivity index (χ2v) is 3.68. The summed E-state index contributed by atoms with van der Waals surface area (Å²) in [5, 5.41) is 0. The number of methoxy groups -OCH3 is 1. The van der Waals surface area contributed by atoms with E-state index in [4.69, 9.17) is 10.3 Å². The molecule has 0 aromatic heterocycles. The van der Waals surface area contributed by atoms with E-state index in [9.17, 15) is 9.59 Å². The molecule has 6 nitrogen and oxygen atoms in total. The van der Waals surface area contributed by atoms with Gasteiger partial charge in [-0.1, -0.05) is 19.4 Å². The summed E-state index contributed by atoms with van der Waals surface area (Å²) in [7, 11) is 1.08. The normalized spacial score (nSPS) is 11.0. The summed E-state index contributed by atoms with van der Waals surface area (Å²) >= 11 is 0. The molecule has 0 aliphatic rings. The lowest BCUT2D eigenvalue weighted by Crippen LogP contribution is -2.29. The van der Waals surface area contributed by atoms with E-state index < -0.39 is 17.7 Å². The number of hydrogen-bond donors (Lipinski definition) is 0. The minimum absolute atomic E-state index is 0.166. The standard InChI is InChI=1S/C12H18N2O4/c1-4-6-7-9(5-2)8-18-12(16)10(14-13)11(15)17-3/h4,9H,1,5-8H2,2-3H3. The second kappa shape index (κ2) is 9.13. The molecule has 0 heterocycles. The molecule has 0 saturated carbocycles. The number of esters is 2. The van der Waals surface area contributed by atoms with Gasteiger partial charge in [-0.2, -0.15) is 4.79 Å². The molecule has 0 fully saturated rings.